The molecule has 4 nitrogen and oxygen atoms in total. The summed E-state index contributed by atoms with van der Waals surface area (Å²) >= 11 is 0. The highest BCUT2D eigenvalue weighted by atomic mass is 16.7. The Morgan fingerprint density at radius 1 is 1.18 bits per heavy atom. The number of carbonyl (C=O) groups is 1. The van der Waals surface area contributed by atoms with E-state index >= 15 is 0 Å². The maximum absolute atomic E-state index is 12.1. The Morgan fingerprint density at radius 2 is 1.91 bits per heavy atom. The molecular formula is C18H30O4. The largest absolute Gasteiger partial charge is 0.465 e. The molecule has 1 saturated heterocycles. The summed E-state index contributed by atoms with van der Waals surface area (Å²) in [6.07, 6.45) is 5.69. The molecule has 126 valence electrons. The van der Waals surface area contributed by atoms with Crippen molar-refractivity contribution in [2.24, 2.45) is 23.2 Å². The first kappa shape index (κ1) is 16.3. The van der Waals surface area contributed by atoms with E-state index in [0.29, 0.717) is 30.5 Å². The van der Waals surface area contributed by atoms with Crippen molar-refractivity contribution < 1.29 is 19.0 Å². The van der Waals surface area contributed by atoms with Crippen LogP contribution in [-0.2, 0) is 19.0 Å². The molecule has 0 amide bonds. The topological polar surface area (TPSA) is 44.8 Å². The molecule has 6 unspecified atom stereocenters. The summed E-state index contributed by atoms with van der Waals surface area (Å²) in [6.45, 7) is 8.65. The first-order chi connectivity index (χ1) is 10.5. The van der Waals surface area contributed by atoms with Gasteiger partial charge in [0.25, 0.3) is 0 Å². The fourth-order valence-electron chi connectivity index (χ4n) is 4.22. The predicted octanol–water partition coefficient (Wildman–Crippen LogP) is 3.53. The van der Waals surface area contributed by atoms with Gasteiger partial charge in [-0.1, -0.05) is 20.3 Å². The zero-order valence-corrected chi connectivity index (χ0v) is 14.3. The number of carbonyl (C=O) groups excluding carboxylic acids is 1. The van der Waals surface area contributed by atoms with E-state index in [1.54, 1.807) is 0 Å². The van der Waals surface area contributed by atoms with Crippen LogP contribution in [-0.4, -0.2) is 31.1 Å². The minimum absolute atomic E-state index is 0.00868. The van der Waals surface area contributed by atoms with E-state index < -0.39 is 0 Å². The van der Waals surface area contributed by atoms with Crippen molar-refractivity contribution in [3.05, 3.63) is 0 Å². The maximum atomic E-state index is 12.1. The first-order valence-electron chi connectivity index (χ1n) is 8.94. The minimum Gasteiger partial charge on any atom is -0.465 e. The van der Waals surface area contributed by atoms with Gasteiger partial charge in [0.1, 0.15) is 0 Å². The molecule has 0 N–H and O–H groups in total. The Kier molecular flexibility index (Phi) is 4.52. The van der Waals surface area contributed by atoms with Crippen molar-refractivity contribution in [3.63, 3.8) is 0 Å². The summed E-state index contributed by atoms with van der Waals surface area (Å²) in [4.78, 5) is 12.1. The maximum Gasteiger partial charge on any atom is 0.311 e. The first-order valence-corrected chi connectivity index (χ1v) is 8.94. The van der Waals surface area contributed by atoms with E-state index in [0.717, 1.165) is 25.7 Å². The minimum atomic E-state index is -0.376. The van der Waals surface area contributed by atoms with E-state index in [4.69, 9.17) is 14.2 Å². The lowest BCUT2D eigenvalue weighted by Crippen LogP contribution is -2.37. The normalized spacial score (nSPS) is 40.0. The number of fused-ring (bicyclic) bond motifs is 5. The van der Waals surface area contributed by atoms with E-state index in [2.05, 4.69) is 6.92 Å². The molecule has 0 spiro atoms. The average molecular weight is 310 g/mol. The molecule has 2 bridgehead atoms. The van der Waals surface area contributed by atoms with Crippen LogP contribution in [0.3, 0.4) is 0 Å². The molecule has 0 aromatic carbocycles. The van der Waals surface area contributed by atoms with Gasteiger partial charge >= 0.3 is 5.97 Å². The molecule has 3 rings (SSSR count). The summed E-state index contributed by atoms with van der Waals surface area (Å²) in [5, 5.41) is 0. The Morgan fingerprint density at radius 3 is 2.59 bits per heavy atom. The Bertz CT molecular complexity index is 419. The van der Waals surface area contributed by atoms with E-state index in [1.165, 1.54) is 6.42 Å². The van der Waals surface area contributed by atoms with Crippen LogP contribution in [0.15, 0.2) is 0 Å². The second-order valence-electron chi connectivity index (χ2n) is 7.91. The van der Waals surface area contributed by atoms with Crippen LogP contribution in [0, 0.1) is 23.2 Å². The molecule has 22 heavy (non-hydrogen) atoms. The summed E-state index contributed by atoms with van der Waals surface area (Å²) < 4.78 is 17.8. The Balaban J connectivity index is 1.53. The van der Waals surface area contributed by atoms with Crippen LogP contribution in [0.1, 0.15) is 59.8 Å². The average Bonchev–Trinajstić information content (AvgIpc) is 3.15. The van der Waals surface area contributed by atoms with Crippen LogP contribution < -0.4 is 0 Å². The van der Waals surface area contributed by atoms with Gasteiger partial charge in [-0.2, -0.15) is 0 Å². The number of hydrogen-bond donors (Lipinski definition) is 0. The van der Waals surface area contributed by atoms with Gasteiger partial charge < -0.3 is 14.2 Å². The van der Waals surface area contributed by atoms with Crippen LogP contribution in [0.4, 0.5) is 0 Å². The number of rotatable bonds is 6. The van der Waals surface area contributed by atoms with E-state index in [9.17, 15) is 4.79 Å². The molecule has 3 fully saturated rings. The zero-order valence-electron chi connectivity index (χ0n) is 14.3. The summed E-state index contributed by atoms with van der Waals surface area (Å²) in [5.74, 6) is 1.49. The third-order valence-electron chi connectivity index (χ3n) is 6.00. The fraction of sp³-hybridized carbons (Fsp3) is 0.944. The highest BCUT2D eigenvalue weighted by Crippen LogP contribution is 2.54. The van der Waals surface area contributed by atoms with Crippen molar-refractivity contribution in [1.29, 1.82) is 0 Å². The quantitative estimate of drug-likeness (QED) is 0.704. The molecule has 1 aliphatic heterocycles. The van der Waals surface area contributed by atoms with Gasteiger partial charge in [-0.15, -0.1) is 0 Å². The van der Waals surface area contributed by atoms with Gasteiger partial charge in [-0.05, 0) is 57.3 Å². The fourth-order valence-corrected chi connectivity index (χ4v) is 4.22. The van der Waals surface area contributed by atoms with E-state index in [1.807, 2.05) is 20.8 Å². The lowest BCUT2D eigenvalue weighted by molar-refractivity contribution is -0.156. The second kappa shape index (κ2) is 6.12. The molecule has 6 atom stereocenters. The number of ether oxygens (including phenoxy) is 3. The van der Waals surface area contributed by atoms with Gasteiger partial charge in [0.05, 0.1) is 24.2 Å². The van der Waals surface area contributed by atoms with Crippen LogP contribution >= 0.6 is 0 Å². The SMILES string of the molecule is CCCC1OC2C3CC(COC(=O)C(C)(C)CC)C(C3)C2O1. The van der Waals surface area contributed by atoms with Gasteiger partial charge in [0, 0.05) is 0 Å². The van der Waals surface area contributed by atoms with Gasteiger partial charge in [0.15, 0.2) is 6.29 Å². The summed E-state index contributed by atoms with van der Waals surface area (Å²) in [6, 6.07) is 0. The highest BCUT2D eigenvalue weighted by molar-refractivity contribution is 5.75. The van der Waals surface area contributed by atoms with Gasteiger partial charge in [0.2, 0.25) is 0 Å². The van der Waals surface area contributed by atoms with Crippen LogP contribution in [0.2, 0.25) is 0 Å². The lowest BCUT2D eigenvalue weighted by Gasteiger charge is -2.30. The lowest BCUT2D eigenvalue weighted by atomic mass is 9.85. The van der Waals surface area contributed by atoms with E-state index in [-0.39, 0.29) is 23.8 Å². The van der Waals surface area contributed by atoms with Crippen LogP contribution in [0.25, 0.3) is 0 Å². The number of esters is 1. The van der Waals surface area contributed by atoms with Crippen molar-refractivity contribution in [3.8, 4) is 0 Å². The molecule has 1 heterocycles. The zero-order chi connectivity index (χ0) is 15.9. The van der Waals surface area contributed by atoms with Crippen molar-refractivity contribution in [2.45, 2.75) is 78.3 Å². The molecule has 0 aromatic heterocycles. The smallest absolute Gasteiger partial charge is 0.311 e. The molecule has 2 aliphatic carbocycles. The molecule has 2 saturated carbocycles. The second-order valence-corrected chi connectivity index (χ2v) is 7.91. The Hall–Kier alpha value is -0.610. The van der Waals surface area contributed by atoms with Gasteiger partial charge in [-0.3, -0.25) is 4.79 Å². The molecule has 3 aliphatic rings. The molecular weight excluding hydrogens is 280 g/mol. The molecule has 4 heteroatoms. The van der Waals surface area contributed by atoms with Crippen molar-refractivity contribution in [2.75, 3.05) is 6.61 Å². The highest BCUT2D eigenvalue weighted by Gasteiger charge is 2.58. The van der Waals surface area contributed by atoms with Crippen molar-refractivity contribution in [1.82, 2.24) is 0 Å². The predicted molar refractivity (Wildman–Crippen MR) is 83.2 cm³/mol. The summed E-state index contributed by atoms with van der Waals surface area (Å²) in [5.41, 5.74) is -0.376. The standard InChI is InChI=1S/C18H30O4/c1-5-7-14-21-15-11-8-12(13(9-11)16(15)22-14)10-20-17(19)18(3,4)6-2/h11-16H,5-10H2,1-4H3. The van der Waals surface area contributed by atoms with Gasteiger partial charge in [-0.25, -0.2) is 0 Å². The molecule has 0 aromatic rings. The summed E-state index contributed by atoms with van der Waals surface area (Å²) in [7, 11) is 0. The third kappa shape index (κ3) is 2.80. The van der Waals surface area contributed by atoms with Crippen molar-refractivity contribution >= 4 is 5.97 Å². The van der Waals surface area contributed by atoms with Crippen LogP contribution in [0.5, 0.6) is 0 Å². The Labute approximate surface area is 133 Å². The monoisotopic (exact) mass is 310 g/mol. The third-order valence-corrected chi connectivity index (χ3v) is 6.00. The number of hydrogen-bond acceptors (Lipinski definition) is 4. The molecule has 0 radical (unpaired) electrons.